The number of amides is 1. The molecule has 1 aliphatic rings. The van der Waals surface area contributed by atoms with Crippen molar-refractivity contribution in [3.63, 3.8) is 0 Å². The summed E-state index contributed by atoms with van der Waals surface area (Å²) in [4.78, 5) is 34.0. The van der Waals surface area contributed by atoms with Crippen LogP contribution in [0.4, 0.5) is 13.2 Å². The van der Waals surface area contributed by atoms with Crippen molar-refractivity contribution < 1.29 is 42.1 Å². The number of aliphatic carboxylic acids is 1. The fraction of sp³-hybridized carbons (Fsp3) is 0.346. The molecule has 3 aromatic rings. The van der Waals surface area contributed by atoms with Gasteiger partial charge >= 0.3 is 18.1 Å². The molecule has 1 saturated heterocycles. The van der Waals surface area contributed by atoms with E-state index in [4.69, 9.17) is 25.1 Å². The highest BCUT2D eigenvalue weighted by molar-refractivity contribution is 5.96. The highest BCUT2D eigenvalue weighted by atomic mass is 19.4. The molecule has 0 aliphatic carbocycles. The van der Waals surface area contributed by atoms with E-state index in [1.54, 1.807) is 7.11 Å². The molecule has 9 nitrogen and oxygen atoms in total. The van der Waals surface area contributed by atoms with Gasteiger partial charge in [-0.05, 0) is 24.1 Å². The van der Waals surface area contributed by atoms with E-state index < -0.39 is 30.1 Å². The average molecular weight is 536 g/mol. The van der Waals surface area contributed by atoms with Crippen LogP contribution >= 0.6 is 0 Å². The summed E-state index contributed by atoms with van der Waals surface area (Å²) in [7, 11) is 1.61. The van der Waals surface area contributed by atoms with Crippen LogP contribution in [0.3, 0.4) is 0 Å². The van der Waals surface area contributed by atoms with Gasteiger partial charge in [0.2, 0.25) is 5.91 Å². The molecule has 0 radical (unpaired) electrons. The molecule has 1 aromatic heterocycles. The fourth-order valence-electron chi connectivity index (χ4n) is 4.37. The van der Waals surface area contributed by atoms with Crippen molar-refractivity contribution in [3.05, 3.63) is 71.9 Å². The number of carboxylic acids is 1. The van der Waals surface area contributed by atoms with Crippen molar-refractivity contribution in [2.75, 3.05) is 20.3 Å². The zero-order valence-corrected chi connectivity index (χ0v) is 20.5. The lowest BCUT2D eigenvalue weighted by molar-refractivity contribution is -0.192. The first-order chi connectivity index (χ1) is 18.0. The number of benzene rings is 2. The van der Waals surface area contributed by atoms with Gasteiger partial charge in [0.1, 0.15) is 5.69 Å². The number of fused-ring (bicyclic) bond motifs is 1. The molecule has 1 fully saturated rings. The highest BCUT2D eigenvalue weighted by Gasteiger charge is 2.40. The highest BCUT2D eigenvalue weighted by Crippen LogP contribution is 2.38. The largest absolute Gasteiger partial charge is 0.490 e. The first kappa shape index (κ1) is 28.7. The average Bonchev–Trinajstić information content (AvgIpc) is 3.49. The van der Waals surface area contributed by atoms with E-state index in [-0.39, 0.29) is 18.7 Å². The number of aromatic nitrogens is 1. The standard InChI is InChI=1S/C24H27N3O4.C2HF3O2/c1-30-12-7-13-31-24(29)20-14-17-10-5-6-11-19(17)27(20)21-15-18(22(26-21)23(25)28)16-8-3-2-4-9-16;3-2(4,5)1(6)7/h2-6,8-11,14,18,21-22,26H,7,12-13,15H2,1H3,(H2,25,28);(H,6,7)/t18-,21?,22+;/m1./s1. The quantitative estimate of drug-likeness (QED) is 0.297. The van der Waals surface area contributed by atoms with Gasteiger partial charge in [-0.1, -0.05) is 48.5 Å². The van der Waals surface area contributed by atoms with E-state index in [1.165, 1.54) is 0 Å². The number of para-hydroxylation sites is 1. The molecule has 2 aromatic carbocycles. The Hall–Kier alpha value is -3.90. The lowest BCUT2D eigenvalue weighted by Gasteiger charge is -2.18. The Balaban J connectivity index is 0.000000505. The molecule has 3 atom stereocenters. The maximum Gasteiger partial charge on any atom is 0.490 e. The Morgan fingerprint density at radius 3 is 2.32 bits per heavy atom. The molecule has 1 aliphatic heterocycles. The molecular weight excluding hydrogens is 507 g/mol. The van der Waals surface area contributed by atoms with Gasteiger partial charge in [-0.15, -0.1) is 0 Å². The normalized spacial score (nSPS) is 19.0. The second-order valence-electron chi connectivity index (χ2n) is 8.56. The number of methoxy groups -OCH3 is 1. The summed E-state index contributed by atoms with van der Waals surface area (Å²) < 4.78 is 44.2. The molecule has 0 bridgehead atoms. The molecule has 1 amide bonds. The number of nitrogens with two attached hydrogens (primary N) is 1. The van der Waals surface area contributed by atoms with E-state index >= 15 is 0 Å². The molecule has 2 heterocycles. The van der Waals surface area contributed by atoms with Crippen molar-refractivity contribution in [3.8, 4) is 0 Å². The Labute approximate surface area is 216 Å². The number of rotatable bonds is 8. The van der Waals surface area contributed by atoms with Crippen LogP contribution in [-0.4, -0.2) is 60.1 Å². The molecule has 204 valence electrons. The molecule has 0 spiro atoms. The maximum atomic E-state index is 12.9. The number of nitrogens with one attached hydrogen (secondary N) is 1. The van der Waals surface area contributed by atoms with Crippen molar-refractivity contribution in [1.82, 2.24) is 9.88 Å². The lowest BCUT2D eigenvalue weighted by Crippen LogP contribution is -2.41. The fourth-order valence-corrected chi connectivity index (χ4v) is 4.37. The smallest absolute Gasteiger partial charge is 0.475 e. The van der Waals surface area contributed by atoms with Crippen LogP contribution in [0.5, 0.6) is 0 Å². The first-order valence-corrected chi connectivity index (χ1v) is 11.7. The number of halogens is 3. The van der Waals surface area contributed by atoms with Crippen LogP contribution in [0.2, 0.25) is 0 Å². The molecule has 1 unspecified atom stereocenters. The third-order valence-electron chi connectivity index (χ3n) is 6.02. The summed E-state index contributed by atoms with van der Waals surface area (Å²) in [5.41, 5.74) is 8.13. The summed E-state index contributed by atoms with van der Waals surface area (Å²) >= 11 is 0. The van der Waals surface area contributed by atoms with E-state index in [0.717, 1.165) is 16.5 Å². The number of esters is 1. The van der Waals surface area contributed by atoms with Crippen LogP contribution in [0.1, 0.15) is 41.0 Å². The zero-order valence-electron chi connectivity index (χ0n) is 20.5. The maximum absolute atomic E-state index is 12.9. The van der Waals surface area contributed by atoms with E-state index in [1.807, 2.05) is 65.2 Å². The number of carboxylic acid groups (broad SMARTS) is 1. The van der Waals surface area contributed by atoms with Crippen molar-refractivity contribution >= 4 is 28.7 Å². The molecule has 38 heavy (non-hydrogen) atoms. The van der Waals surface area contributed by atoms with Crippen LogP contribution in [0, 0.1) is 0 Å². The number of carbonyl (C=O) groups is 3. The van der Waals surface area contributed by atoms with E-state index in [2.05, 4.69) is 5.32 Å². The SMILES string of the molecule is COCCCOC(=O)c1cc2ccccc2n1C1C[C@H](c2ccccc2)[C@@H](C(N)=O)N1.O=C(O)C(F)(F)F. The second kappa shape index (κ2) is 12.6. The number of hydrogen-bond donors (Lipinski definition) is 3. The lowest BCUT2D eigenvalue weighted by atomic mass is 9.91. The number of ether oxygens (including phenoxy) is 2. The van der Waals surface area contributed by atoms with Gasteiger partial charge in [0.15, 0.2) is 0 Å². The van der Waals surface area contributed by atoms with E-state index in [9.17, 15) is 22.8 Å². The van der Waals surface area contributed by atoms with Gasteiger partial charge < -0.3 is 24.9 Å². The Morgan fingerprint density at radius 2 is 1.71 bits per heavy atom. The number of carbonyl (C=O) groups excluding carboxylic acids is 2. The van der Waals surface area contributed by atoms with Gasteiger partial charge in [-0.3, -0.25) is 10.1 Å². The molecule has 0 saturated carbocycles. The van der Waals surface area contributed by atoms with Gasteiger partial charge in [-0.25, -0.2) is 9.59 Å². The summed E-state index contributed by atoms with van der Waals surface area (Å²) in [6.45, 7) is 0.808. The van der Waals surface area contributed by atoms with Crippen LogP contribution in [-0.2, 0) is 19.1 Å². The van der Waals surface area contributed by atoms with Crippen molar-refractivity contribution in [2.45, 2.75) is 37.1 Å². The topological polar surface area (TPSA) is 133 Å². The monoisotopic (exact) mass is 535 g/mol. The van der Waals surface area contributed by atoms with Crippen LogP contribution in [0.25, 0.3) is 10.9 Å². The molecular formula is C26H28F3N3O6. The van der Waals surface area contributed by atoms with Crippen molar-refractivity contribution in [2.24, 2.45) is 5.73 Å². The van der Waals surface area contributed by atoms with Gasteiger partial charge in [0.05, 0.1) is 24.3 Å². The summed E-state index contributed by atoms with van der Waals surface area (Å²) in [5, 5.41) is 11.4. The Kier molecular flexibility index (Phi) is 9.48. The Morgan fingerprint density at radius 1 is 1.08 bits per heavy atom. The summed E-state index contributed by atoms with van der Waals surface area (Å²) in [5.74, 6) is -3.65. The first-order valence-electron chi connectivity index (χ1n) is 11.7. The number of primary amides is 1. The Bertz CT molecular complexity index is 1260. The van der Waals surface area contributed by atoms with Gasteiger partial charge in [-0.2, -0.15) is 13.2 Å². The molecule has 4 N–H and O–H groups in total. The van der Waals surface area contributed by atoms with E-state index in [0.29, 0.717) is 25.1 Å². The molecule has 12 heteroatoms. The zero-order chi connectivity index (χ0) is 27.9. The summed E-state index contributed by atoms with van der Waals surface area (Å²) in [6, 6.07) is 19.0. The number of nitrogens with zero attached hydrogens (tertiary/aromatic N) is 1. The predicted octanol–water partition coefficient (Wildman–Crippen LogP) is 3.60. The van der Waals surface area contributed by atoms with Crippen molar-refractivity contribution in [1.29, 1.82) is 0 Å². The third kappa shape index (κ3) is 6.90. The van der Waals surface area contributed by atoms with Crippen LogP contribution < -0.4 is 11.1 Å². The predicted molar refractivity (Wildman–Crippen MR) is 131 cm³/mol. The minimum absolute atomic E-state index is 0.0876. The van der Waals surface area contributed by atoms with Crippen LogP contribution in [0.15, 0.2) is 60.7 Å². The molecule has 4 rings (SSSR count). The van der Waals surface area contributed by atoms with Gasteiger partial charge in [0.25, 0.3) is 0 Å². The summed E-state index contributed by atoms with van der Waals surface area (Å²) in [6.07, 6.45) is -4.10. The van der Waals surface area contributed by atoms with Gasteiger partial charge in [0, 0.05) is 31.4 Å². The number of hydrogen-bond acceptors (Lipinski definition) is 6. The minimum Gasteiger partial charge on any atom is -0.475 e. The number of alkyl halides is 3. The minimum atomic E-state index is -5.08. The third-order valence-corrected chi connectivity index (χ3v) is 6.02. The second-order valence-corrected chi connectivity index (χ2v) is 8.56.